The van der Waals surface area contributed by atoms with E-state index in [1.807, 2.05) is 11.0 Å². The van der Waals surface area contributed by atoms with Crippen molar-refractivity contribution in [3.8, 4) is 0 Å². The third kappa shape index (κ3) is 6.50. The number of pyridine rings is 2. The lowest BCUT2D eigenvalue weighted by atomic mass is 10.0. The molecular formula is C28H30F3N7O5. The van der Waals surface area contributed by atoms with Gasteiger partial charge in [-0.15, -0.1) is 0 Å². The highest BCUT2D eigenvalue weighted by Gasteiger charge is 2.42. The molecular weight excluding hydrogens is 571 g/mol. The Kier molecular flexibility index (Phi) is 8.44. The summed E-state index contributed by atoms with van der Waals surface area (Å²) >= 11 is 0. The maximum atomic E-state index is 13.4. The first kappa shape index (κ1) is 30.1. The lowest BCUT2D eigenvalue weighted by molar-refractivity contribution is -0.202. The van der Waals surface area contributed by atoms with Crippen molar-refractivity contribution in [3.63, 3.8) is 0 Å². The van der Waals surface area contributed by atoms with Crippen molar-refractivity contribution in [3.05, 3.63) is 46.0 Å². The van der Waals surface area contributed by atoms with Crippen LogP contribution in [0.25, 0.3) is 11.0 Å². The molecule has 0 amide bonds. The molecule has 1 aliphatic carbocycles. The van der Waals surface area contributed by atoms with E-state index >= 15 is 0 Å². The van der Waals surface area contributed by atoms with Crippen LogP contribution in [0.3, 0.4) is 0 Å². The summed E-state index contributed by atoms with van der Waals surface area (Å²) in [7, 11) is 0. The van der Waals surface area contributed by atoms with Crippen LogP contribution in [0.15, 0.2) is 29.3 Å². The lowest BCUT2D eigenvalue weighted by Gasteiger charge is -2.35. The molecule has 0 spiro atoms. The van der Waals surface area contributed by atoms with E-state index in [4.69, 9.17) is 0 Å². The Morgan fingerprint density at radius 1 is 1.05 bits per heavy atom. The number of anilines is 3. The molecule has 5 rings (SSSR count). The summed E-state index contributed by atoms with van der Waals surface area (Å²) in [5, 5.41) is 3.72. The Labute approximate surface area is 243 Å². The molecule has 43 heavy (non-hydrogen) atoms. The van der Waals surface area contributed by atoms with E-state index < -0.39 is 24.7 Å². The van der Waals surface area contributed by atoms with Crippen LogP contribution in [0, 0.1) is 6.92 Å². The van der Waals surface area contributed by atoms with Gasteiger partial charge in [-0.2, -0.15) is 18.2 Å². The number of alkyl halides is 3. The second-order valence-electron chi connectivity index (χ2n) is 10.6. The first-order valence-corrected chi connectivity index (χ1v) is 13.9. The van der Waals surface area contributed by atoms with Crippen LogP contribution in [-0.2, 0) is 14.3 Å². The van der Waals surface area contributed by atoms with Gasteiger partial charge in [0.05, 0.1) is 24.0 Å². The van der Waals surface area contributed by atoms with Gasteiger partial charge in [0, 0.05) is 43.8 Å². The molecule has 0 atom stereocenters. The van der Waals surface area contributed by atoms with E-state index in [-0.39, 0.29) is 28.9 Å². The molecule has 2 aliphatic rings. The number of esters is 2. The van der Waals surface area contributed by atoms with Gasteiger partial charge in [0.2, 0.25) is 5.95 Å². The largest absolute Gasteiger partial charge is 0.491 e. The summed E-state index contributed by atoms with van der Waals surface area (Å²) in [5.74, 6) is -3.35. The Morgan fingerprint density at radius 3 is 2.35 bits per heavy atom. The molecule has 0 radical (unpaired) electrons. The minimum atomic E-state index is -5.22. The summed E-state index contributed by atoms with van der Waals surface area (Å²) < 4.78 is 42.4. The summed E-state index contributed by atoms with van der Waals surface area (Å²) in [5.41, 5.74) is 1.66. The van der Waals surface area contributed by atoms with Crippen LogP contribution in [0.4, 0.5) is 30.6 Å². The van der Waals surface area contributed by atoms with E-state index in [1.54, 1.807) is 34.9 Å². The van der Waals surface area contributed by atoms with E-state index in [1.165, 1.54) is 6.92 Å². The Balaban J connectivity index is 1.26. The SMILES string of the molecule is CC(=O)c1c(C)c2cnc(Nc3ccc(N4CCN(CC(=O)OC(=O)C(F)(F)F)CC4)cn3)nc2n(C2CCCC2)c1=O. The van der Waals surface area contributed by atoms with Crippen LogP contribution < -0.4 is 15.8 Å². The predicted octanol–water partition coefficient (Wildman–Crippen LogP) is 3.31. The van der Waals surface area contributed by atoms with Crippen molar-refractivity contribution in [2.24, 2.45) is 0 Å². The van der Waals surface area contributed by atoms with Crippen molar-refractivity contribution < 1.29 is 32.3 Å². The topological polar surface area (TPSA) is 140 Å². The third-order valence-corrected chi connectivity index (χ3v) is 7.77. The first-order chi connectivity index (χ1) is 20.4. The first-order valence-electron chi connectivity index (χ1n) is 13.9. The zero-order valence-corrected chi connectivity index (χ0v) is 23.6. The molecule has 1 saturated heterocycles. The van der Waals surface area contributed by atoms with Gasteiger partial charge in [0.1, 0.15) is 11.5 Å². The molecule has 0 bridgehead atoms. The normalized spacial score (nSPS) is 16.4. The number of carbonyl (C=O) groups excluding carboxylic acids is 3. The van der Waals surface area contributed by atoms with Crippen LogP contribution in [0.1, 0.15) is 54.6 Å². The number of fused-ring (bicyclic) bond motifs is 1. The summed E-state index contributed by atoms with van der Waals surface area (Å²) in [4.78, 5) is 65.4. The van der Waals surface area contributed by atoms with Crippen molar-refractivity contribution in [2.45, 2.75) is 51.7 Å². The number of aromatic nitrogens is 4. The second kappa shape index (κ2) is 12.1. The smallest absolute Gasteiger partial charge is 0.385 e. The van der Waals surface area contributed by atoms with Gasteiger partial charge in [-0.1, -0.05) is 12.8 Å². The number of ether oxygens (including phenoxy) is 1. The number of nitrogens with zero attached hydrogens (tertiary/aromatic N) is 6. The van der Waals surface area contributed by atoms with Gasteiger partial charge < -0.3 is 15.0 Å². The van der Waals surface area contributed by atoms with Gasteiger partial charge in [-0.05, 0) is 44.4 Å². The molecule has 2 fully saturated rings. The molecule has 12 nitrogen and oxygen atoms in total. The van der Waals surface area contributed by atoms with Crippen LogP contribution in [-0.4, -0.2) is 81.0 Å². The fourth-order valence-corrected chi connectivity index (χ4v) is 5.61. The van der Waals surface area contributed by atoms with Gasteiger partial charge in [-0.3, -0.25) is 23.9 Å². The van der Waals surface area contributed by atoms with E-state index in [0.29, 0.717) is 48.6 Å². The van der Waals surface area contributed by atoms with Gasteiger partial charge in [0.25, 0.3) is 5.56 Å². The molecule has 3 aromatic rings. The van der Waals surface area contributed by atoms with Crippen LogP contribution in [0.5, 0.6) is 0 Å². The summed E-state index contributed by atoms with van der Waals surface area (Å²) in [6.07, 6.45) is 1.70. The Morgan fingerprint density at radius 2 is 1.74 bits per heavy atom. The second-order valence-corrected chi connectivity index (χ2v) is 10.6. The number of aryl methyl sites for hydroxylation is 1. The Hall–Kier alpha value is -4.40. The average molecular weight is 602 g/mol. The predicted molar refractivity (Wildman–Crippen MR) is 149 cm³/mol. The number of halogens is 3. The fourth-order valence-electron chi connectivity index (χ4n) is 5.61. The maximum Gasteiger partial charge on any atom is 0.491 e. The molecule has 228 valence electrons. The number of hydrogen-bond acceptors (Lipinski definition) is 11. The zero-order chi connectivity index (χ0) is 30.9. The van der Waals surface area contributed by atoms with Crippen molar-refractivity contribution in [1.82, 2.24) is 24.4 Å². The number of piperazine rings is 1. The average Bonchev–Trinajstić information content (AvgIpc) is 3.48. The molecule has 4 heterocycles. The molecule has 1 N–H and O–H groups in total. The van der Waals surface area contributed by atoms with Crippen LogP contribution in [0.2, 0.25) is 0 Å². The third-order valence-electron chi connectivity index (χ3n) is 7.77. The highest BCUT2D eigenvalue weighted by Crippen LogP contribution is 2.32. The summed E-state index contributed by atoms with van der Waals surface area (Å²) in [6.45, 7) is 4.39. The number of Topliss-reactive ketones (excluding diaryl/α,β-unsaturated/α-hetero) is 1. The zero-order valence-electron chi connectivity index (χ0n) is 23.6. The van der Waals surface area contributed by atoms with E-state index in [0.717, 1.165) is 31.4 Å². The molecule has 3 aromatic heterocycles. The quantitative estimate of drug-likeness (QED) is 0.242. The minimum Gasteiger partial charge on any atom is -0.385 e. The van der Waals surface area contributed by atoms with Gasteiger partial charge in [-0.25, -0.2) is 14.8 Å². The van der Waals surface area contributed by atoms with Crippen molar-refractivity contribution >= 4 is 46.2 Å². The number of carbonyl (C=O) groups is 3. The van der Waals surface area contributed by atoms with E-state index in [9.17, 15) is 32.3 Å². The lowest BCUT2D eigenvalue weighted by Crippen LogP contribution is -2.48. The van der Waals surface area contributed by atoms with Gasteiger partial charge >= 0.3 is 18.1 Å². The fraction of sp³-hybridized carbons (Fsp3) is 0.464. The highest BCUT2D eigenvalue weighted by atomic mass is 19.4. The number of rotatable bonds is 7. The standard InChI is InChI=1S/C28H30F3N7O5/c1-16-20-14-33-27(35-24(20)38(18-5-3-4-6-18)25(41)23(16)17(2)39)34-21-8-7-19(13-32-21)37-11-9-36(10-12-37)15-22(40)43-26(42)28(29,30)31/h7-8,13-14,18H,3-6,9-12,15H2,1-2H3,(H,32,33,34,35). The van der Waals surface area contributed by atoms with Crippen molar-refractivity contribution in [1.29, 1.82) is 0 Å². The monoisotopic (exact) mass is 601 g/mol. The van der Waals surface area contributed by atoms with Gasteiger partial charge in [0.15, 0.2) is 5.78 Å². The molecule has 0 aromatic carbocycles. The van der Waals surface area contributed by atoms with Crippen LogP contribution >= 0.6 is 0 Å². The Bertz CT molecular complexity index is 1610. The molecule has 0 unspecified atom stereocenters. The molecule has 15 heteroatoms. The molecule has 1 saturated carbocycles. The van der Waals surface area contributed by atoms with Crippen molar-refractivity contribution in [2.75, 3.05) is 42.9 Å². The molecule has 1 aliphatic heterocycles. The van der Waals surface area contributed by atoms with E-state index in [2.05, 4.69) is 25.0 Å². The minimum absolute atomic E-state index is 0.0395. The maximum absolute atomic E-state index is 13.4. The number of nitrogens with one attached hydrogen (secondary N) is 1. The highest BCUT2D eigenvalue weighted by molar-refractivity contribution is 5.99. The number of ketones is 1. The number of hydrogen-bond donors (Lipinski definition) is 1. The summed E-state index contributed by atoms with van der Waals surface area (Å²) in [6, 6.07) is 3.53.